The molecule has 0 amide bonds. The maximum Gasteiger partial charge on any atom is 0.334 e. The van der Waals surface area contributed by atoms with E-state index in [-0.39, 0.29) is 15.6 Å². The Morgan fingerprint density at radius 1 is 1.28 bits per heavy atom. The number of carboxylic acids is 1. The molecule has 7 nitrogen and oxygen atoms in total. The van der Waals surface area contributed by atoms with Gasteiger partial charge < -0.3 is 14.9 Å². The highest BCUT2D eigenvalue weighted by Gasteiger charge is 2.30. The van der Waals surface area contributed by atoms with Crippen molar-refractivity contribution in [1.29, 1.82) is 0 Å². The first kappa shape index (κ1) is 19.0. The molecule has 0 spiro atoms. The van der Waals surface area contributed by atoms with Crippen molar-refractivity contribution < 1.29 is 24.7 Å². The number of halogens is 1. The third kappa shape index (κ3) is 4.62. The van der Waals surface area contributed by atoms with Crippen LogP contribution < -0.4 is 4.74 Å². The Morgan fingerprint density at radius 2 is 1.92 bits per heavy atom. The van der Waals surface area contributed by atoms with E-state index >= 15 is 0 Å². The van der Waals surface area contributed by atoms with Crippen molar-refractivity contribution in [2.24, 2.45) is 0 Å². The van der Waals surface area contributed by atoms with Gasteiger partial charge in [0.2, 0.25) is 0 Å². The number of rotatable bonds is 7. The fourth-order valence-electron chi connectivity index (χ4n) is 2.11. The second-order valence-corrected chi connectivity index (χ2v) is 6.58. The number of carboxylic acid groups (broad SMARTS) is 1. The number of nitrogens with zero attached hydrogens (tertiary/aromatic N) is 1. The van der Waals surface area contributed by atoms with Gasteiger partial charge in [0.15, 0.2) is 6.10 Å². The average molecular weight is 384 g/mol. The molecule has 2 aromatic carbocycles. The van der Waals surface area contributed by atoms with E-state index in [2.05, 4.69) is 0 Å². The van der Waals surface area contributed by atoms with Crippen LogP contribution in [0.15, 0.2) is 47.4 Å². The molecule has 2 rings (SSSR count). The zero-order valence-electron chi connectivity index (χ0n) is 13.0. The molecule has 2 atom stereocenters. The summed E-state index contributed by atoms with van der Waals surface area (Å²) < 4.78 is 5.05. The maximum atomic E-state index is 11.3. The van der Waals surface area contributed by atoms with Crippen molar-refractivity contribution in [1.82, 2.24) is 0 Å². The summed E-state index contributed by atoms with van der Waals surface area (Å²) in [7, 11) is 1.49. The second-order valence-electron chi connectivity index (χ2n) is 4.96. The van der Waals surface area contributed by atoms with Crippen LogP contribution in [0, 0.1) is 10.1 Å². The molecule has 0 fully saturated rings. The van der Waals surface area contributed by atoms with E-state index in [9.17, 15) is 25.1 Å². The Morgan fingerprint density at radius 3 is 2.44 bits per heavy atom. The van der Waals surface area contributed by atoms with Crippen LogP contribution in [0.1, 0.15) is 10.8 Å². The Bertz CT molecular complexity index is 783. The molecular weight excluding hydrogens is 370 g/mol. The molecule has 0 aromatic heterocycles. The molecule has 0 saturated carbocycles. The van der Waals surface area contributed by atoms with Crippen molar-refractivity contribution in [3.63, 3.8) is 0 Å². The van der Waals surface area contributed by atoms with Gasteiger partial charge in [0.25, 0.3) is 5.69 Å². The fourth-order valence-corrected chi connectivity index (χ4v) is 3.62. The highest BCUT2D eigenvalue weighted by molar-refractivity contribution is 7.99. The van der Waals surface area contributed by atoms with E-state index in [1.54, 1.807) is 24.3 Å². The van der Waals surface area contributed by atoms with E-state index < -0.39 is 22.2 Å². The molecule has 2 N–H and O–H groups in total. The van der Waals surface area contributed by atoms with Crippen LogP contribution in [0.4, 0.5) is 5.69 Å². The molecule has 132 valence electrons. The SMILES string of the molecule is COc1ccc([C@@H](Sc2cc(Cl)ccc2[N+](=O)[O-])[C@H](O)C(=O)O)cc1. The number of aliphatic hydroxyl groups excluding tert-OH is 1. The molecule has 25 heavy (non-hydrogen) atoms. The number of nitro benzene ring substituents is 1. The van der Waals surface area contributed by atoms with Crippen molar-refractivity contribution in [3.05, 3.63) is 63.2 Å². The number of thioether (sulfide) groups is 1. The monoisotopic (exact) mass is 383 g/mol. The minimum atomic E-state index is -1.77. The van der Waals surface area contributed by atoms with E-state index in [1.807, 2.05) is 0 Å². The molecule has 2 aromatic rings. The second kappa shape index (κ2) is 8.19. The normalized spacial score (nSPS) is 13.1. The lowest BCUT2D eigenvalue weighted by Gasteiger charge is -2.20. The van der Waals surface area contributed by atoms with Crippen LogP contribution in [0.3, 0.4) is 0 Å². The van der Waals surface area contributed by atoms with Crippen molar-refractivity contribution in [2.45, 2.75) is 16.2 Å². The number of ether oxygens (including phenoxy) is 1. The first-order valence-electron chi connectivity index (χ1n) is 6.99. The quantitative estimate of drug-likeness (QED) is 0.427. The van der Waals surface area contributed by atoms with Crippen molar-refractivity contribution >= 4 is 35.0 Å². The predicted molar refractivity (Wildman–Crippen MR) is 93.3 cm³/mol. The van der Waals surface area contributed by atoms with Gasteiger partial charge in [-0.2, -0.15) is 0 Å². The van der Waals surface area contributed by atoms with Gasteiger partial charge in [0.05, 0.1) is 22.2 Å². The molecular formula is C16H14ClNO6S. The van der Waals surface area contributed by atoms with Gasteiger partial charge in [-0.05, 0) is 29.8 Å². The number of aliphatic hydroxyl groups is 1. The lowest BCUT2D eigenvalue weighted by molar-refractivity contribution is -0.387. The van der Waals surface area contributed by atoms with Gasteiger partial charge in [0.1, 0.15) is 5.75 Å². The largest absolute Gasteiger partial charge is 0.497 e. The van der Waals surface area contributed by atoms with Crippen LogP contribution in [0.25, 0.3) is 0 Å². The topological polar surface area (TPSA) is 110 Å². The summed E-state index contributed by atoms with van der Waals surface area (Å²) in [4.78, 5) is 22.0. The highest BCUT2D eigenvalue weighted by Crippen LogP contribution is 2.43. The number of methoxy groups -OCH3 is 1. The molecule has 0 aliphatic rings. The Hall–Kier alpha value is -2.29. The van der Waals surface area contributed by atoms with Crippen LogP contribution in [-0.4, -0.2) is 34.3 Å². The molecule has 9 heteroatoms. The van der Waals surface area contributed by atoms with E-state index in [0.29, 0.717) is 11.3 Å². The highest BCUT2D eigenvalue weighted by atomic mass is 35.5. The van der Waals surface area contributed by atoms with E-state index in [4.69, 9.17) is 16.3 Å². The first-order chi connectivity index (χ1) is 11.8. The van der Waals surface area contributed by atoms with E-state index in [1.165, 1.54) is 25.3 Å². The third-order valence-electron chi connectivity index (χ3n) is 3.36. The van der Waals surface area contributed by atoms with Crippen LogP contribution in [0.5, 0.6) is 5.75 Å². The minimum Gasteiger partial charge on any atom is -0.497 e. The third-order valence-corrected chi connectivity index (χ3v) is 4.96. The predicted octanol–water partition coefficient (Wildman–Crippen LogP) is 3.54. The Balaban J connectivity index is 2.45. The Kier molecular flexibility index (Phi) is 6.24. The van der Waals surface area contributed by atoms with Crippen LogP contribution in [-0.2, 0) is 4.79 Å². The molecule has 0 unspecified atom stereocenters. The zero-order valence-corrected chi connectivity index (χ0v) is 14.5. The molecule has 0 aliphatic carbocycles. The molecule has 0 heterocycles. The van der Waals surface area contributed by atoms with Crippen molar-refractivity contribution in [2.75, 3.05) is 7.11 Å². The van der Waals surface area contributed by atoms with Gasteiger partial charge in [-0.3, -0.25) is 10.1 Å². The summed E-state index contributed by atoms with van der Waals surface area (Å²) in [5, 5.41) is 29.7. The summed E-state index contributed by atoms with van der Waals surface area (Å²) in [6.07, 6.45) is -1.77. The Labute approximate surface area is 152 Å². The molecule has 0 saturated heterocycles. The van der Waals surface area contributed by atoms with Gasteiger partial charge in [0, 0.05) is 11.1 Å². The lowest BCUT2D eigenvalue weighted by Crippen LogP contribution is -2.26. The zero-order chi connectivity index (χ0) is 18.6. The summed E-state index contributed by atoms with van der Waals surface area (Å²) in [5.74, 6) is -0.871. The molecule has 0 bridgehead atoms. The average Bonchev–Trinajstić information content (AvgIpc) is 2.59. The minimum absolute atomic E-state index is 0.165. The first-order valence-corrected chi connectivity index (χ1v) is 8.24. The summed E-state index contributed by atoms with van der Waals surface area (Å²) in [5.41, 5.74) is 0.264. The fraction of sp³-hybridized carbons (Fsp3) is 0.188. The van der Waals surface area contributed by atoms with Gasteiger partial charge in [-0.25, -0.2) is 4.79 Å². The number of nitro groups is 1. The number of aliphatic carboxylic acids is 1. The van der Waals surface area contributed by atoms with Crippen molar-refractivity contribution in [3.8, 4) is 5.75 Å². The number of hydrogen-bond acceptors (Lipinski definition) is 6. The smallest absolute Gasteiger partial charge is 0.334 e. The molecule has 0 radical (unpaired) electrons. The van der Waals surface area contributed by atoms with Crippen LogP contribution in [0.2, 0.25) is 5.02 Å². The van der Waals surface area contributed by atoms with E-state index in [0.717, 1.165) is 11.8 Å². The number of hydrogen-bond donors (Lipinski definition) is 2. The maximum absolute atomic E-state index is 11.3. The lowest BCUT2D eigenvalue weighted by atomic mass is 10.1. The summed E-state index contributed by atoms with van der Waals surface area (Å²) >= 11 is 6.76. The van der Waals surface area contributed by atoms with Gasteiger partial charge in [-0.1, -0.05) is 23.7 Å². The summed E-state index contributed by atoms with van der Waals surface area (Å²) in [6.45, 7) is 0. The molecule has 0 aliphatic heterocycles. The van der Waals surface area contributed by atoms with Gasteiger partial charge in [-0.15, -0.1) is 11.8 Å². The standard InChI is InChI=1S/C16H14ClNO6S/c1-24-11-5-2-9(3-6-11)15(14(19)16(20)21)25-13-8-10(17)4-7-12(13)18(22)23/h2-8,14-15,19H,1H3,(H,20,21)/t14-,15+/m0/s1. The number of carbonyl (C=O) groups is 1. The van der Waals surface area contributed by atoms with Crippen LogP contribution >= 0.6 is 23.4 Å². The van der Waals surface area contributed by atoms with Gasteiger partial charge >= 0.3 is 5.97 Å². The summed E-state index contributed by atoms with van der Waals surface area (Å²) in [6, 6.07) is 10.4. The number of benzene rings is 2.